The van der Waals surface area contributed by atoms with Gasteiger partial charge in [0, 0.05) is 12.2 Å². The molecule has 0 aliphatic heterocycles. The molecule has 0 fully saturated rings. The van der Waals surface area contributed by atoms with Crippen LogP contribution in [0.15, 0.2) is 24.3 Å². The zero-order valence-corrected chi connectivity index (χ0v) is 11.8. The van der Waals surface area contributed by atoms with E-state index < -0.39 is 0 Å². The third-order valence-electron chi connectivity index (χ3n) is 2.85. The van der Waals surface area contributed by atoms with E-state index in [0.717, 1.165) is 17.9 Å². The van der Waals surface area contributed by atoms with Crippen LogP contribution in [0.3, 0.4) is 0 Å². The van der Waals surface area contributed by atoms with Gasteiger partial charge in [-0.1, -0.05) is 26.2 Å². The molecule has 0 aliphatic carbocycles. The zero-order valence-electron chi connectivity index (χ0n) is 11.8. The molecule has 110 valence electrons. The maximum absolute atomic E-state index is 11.6. The van der Waals surface area contributed by atoms with Crippen molar-refractivity contribution >= 4 is 23.8 Å². The molecule has 0 saturated carbocycles. The Kier molecular flexibility index (Phi) is 7.13. The molecule has 20 heavy (non-hydrogen) atoms. The second-order valence-electron chi connectivity index (χ2n) is 4.50. The highest BCUT2D eigenvalue weighted by Crippen LogP contribution is 2.14. The van der Waals surface area contributed by atoms with Gasteiger partial charge >= 0.3 is 6.03 Å². The minimum absolute atomic E-state index is 0.228. The molecule has 1 rings (SSSR count). The number of hydrogen-bond acceptors (Lipinski definition) is 3. The topological polar surface area (TPSA) is 87.5 Å². The van der Waals surface area contributed by atoms with Crippen molar-refractivity contribution in [3.63, 3.8) is 0 Å². The van der Waals surface area contributed by atoms with Gasteiger partial charge in [-0.15, -0.1) is 0 Å². The second kappa shape index (κ2) is 8.92. The molecule has 0 aliphatic rings. The van der Waals surface area contributed by atoms with E-state index in [2.05, 4.69) is 17.6 Å². The number of anilines is 2. The van der Waals surface area contributed by atoms with Crippen molar-refractivity contribution in [2.75, 3.05) is 16.9 Å². The average Bonchev–Trinajstić information content (AvgIpc) is 2.47. The Balaban J connectivity index is 2.33. The number of rotatable bonds is 8. The highest BCUT2D eigenvalue weighted by Gasteiger charge is 2.02. The maximum atomic E-state index is 11.6. The third kappa shape index (κ3) is 5.71. The number of nitrogens with zero attached hydrogens (tertiary/aromatic N) is 1. The van der Waals surface area contributed by atoms with Gasteiger partial charge in [0.15, 0.2) is 0 Å². The zero-order chi connectivity index (χ0) is 14.8. The van der Waals surface area contributed by atoms with Crippen LogP contribution in [-0.4, -0.2) is 19.0 Å². The van der Waals surface area contributed by atoms with E-state index in [1.54, 1.807) is 24.3 Å². The quantitative estimate of drug-likeness (QED) is 0.224. The smallest absolute Gasteiger partial charge is 0.319 e. The molecule has 0 spiro atoms. The van der Waals surface area contributed by atoms with E-state index >= 15 is 0 Å². The highest BCUT2D eigenvalue weighted by atomic mass is 16.2. The molecule has 1 aromatic rings. The predicted molar refractivity (Wildman–Crippen MR) is 80.3 cm³/mol. The Bertz CT molecular complexity index is 420. The standard InChI is InChI=1S/C14H22N4O2/c1-2-3-4-5-10-16-14(20)17-12-6-8-13(9-7-12)18(15)11-19/h6-9,11H,2-5,10,15H2,1H3,(H2,16,17,20). The molecular formula is C14H22N4O2. The molecule has 4 N–H and O–H groups in total. The van der Waals surface area contributed by atoms with Gasteiger partial charge in [-0.3, -0.25) is 9.80 Å². The fraction of sp³-hybridized carbons (Fsp3) is 0.429. The first-order valence-electron chi connectivity index (χ1n) is 6.81. The van der Waals surface area contributed by atoms with Gasteiger partial charge in [0.1, 0.15) is 0 Å². The summed E-state index contributed by atoms with van der Waals surface area (Å²) in [6, 6.07) is 6.47. The summed E-state index contributed by atoms with van der Waals surface area (Å²) >= 11 is 0. The Hall–Kier alpha value is -2.08. The summed E-state index contributed by atoms with van der Waals surface area (Å²) < 4.78 is 0. The third-order valence-corrected chi connectivity index (χ3v) is 2.85. The van der Waals surface area contributed by atoms with Crippen LogP contribution < -0.4 is 21.5 Å². The number of amides is 3. The fourth-order valence-corrected chi connectivity index (χ4v) is 1.71. The molecule has 0 atom stereocenters. The van der Waals surface area contributed by atoms with Crippen LogP contribution in [0.5, 0.6) is 0 Å². The summed E-state index contributed by atoms with van der Waals surface area (Å²) in [6.07, 6.45) is 5.01. The van der Waals surface area contributed by atoms with Crippen molar-refractivity contribution in [1.29, 1.82) is 0 Å². The summed E-state index contributed by atoms with van der Waals surface area (Å²) in [7, 11) is 0. The van der Waals surface area contributed by atoms with Crippen molar-refractivity contribution in [2.45, 2.75) is 32.6 Å². The molecule has 0 radical (unpaired) electrons. The molecule has 0 unspecified atom stereocenters. The molecule has 0 aromatic heterocycles. The van der Waals surface area contributed by atoms with Crippen LogP contribution in [-0.2, 0) is 4.79 Å². The van der Waals surface area contributed by atoms with E-state index in [9.17, 15) is 9.59 Å². The lowest BCUT2D eigenvalue weighted by Crippen LogP contribution is -2.30. The predicted octanol–water partition coefficient (Wildman–Crippen LogP) is 2.22. The SMILES string of the molecule is CCCCCCNC(=O)Nc1ccc(N(N)C=O)cc1. The van der Waals surface area contributed by atoms with Gasteiger partial charge < -0.3 is 10.6 Å². The van der Waals surface area contributed by atoms with Gasteiger partial charge in [-0.05, 0) is 30.7 Å². The first-order valence-corrected chi connectivity index (χ1v) is 6.81. The number of carbonyl (C=O) groups is 2. The molecule has 0 bridgehead atoms. The Labute approximate surface area is 119 Å². The molecule has 0 saturated heterocycles. The van der Waals surface area contributed by atoms with E-state index in [1.165, 1.54) is 12.8 Å². The second-order valence-corrected chi connectivity index (χ2v) is 4.50. The van der Waals surface area contributed by atoms with Crippen LogP contribution in [0.2, 0.25) is 0 Å². The number of urea groups is 1. The molecule has 6 heteroatoms. The summed E-state index contributed by atoms with van der Waals surface area (Å²) in [5, 5.41) is 6.49. The van der Waals surface area contributed by atoms with Gasteiger partial charge in [0.25, 0.3) is 0 Å². The number of benzene rings is 1. The Morgan fingerprint density at radius 2 is 1.95 bits per heavy atom. The number of nitrogens with one attached hydrogen (secondary N) is 2. The molecular weight excluding hydrogens is 256 g/mol. The Morgan fingerprint density at radius 3 is 2.55 bits per heavy atom. The monoisotopic (exact) mass is 278 g/mol. The van der Waals surface area contributed by atoms with Crippen molar-refractivity contribution in [1.82, 2.24) is 5.32 Å². The van der Waals surface area contributed by atoms with E-state index in [0.29, 0.717) is 24.3 Å². The molecule has 6 nitrogen and oxygen atoms in total. The van der Waals surface area contributed by atoms with Crippen LogP contribution in [0.1, 0.15) is 32.6 Å². The minimum atomic E-state index is -0.228. The molecule has 1 aromatic carbocycles. The summed E-state index contributed by atoms with van der Waals surface area (Å²) in [6.45, 7) is 2.82. The fourth-order valence-electron chi connectivity index (χ4n) is 1.71. The van der Waals surface area contributed by atoms with Crippen LogP contribution in [0.25, 0.3) is 0 Å². The Morgan fingerprint density at radius 1 is 1.25 bits per heavy atom. The number of carbonyl (C=O) groups excluding carboxylic acids is 2. The summed E-state index contributed by atoms with van der Waals surface area (Å²) in [5.74, 6) is 5.42. The normalized spacial score (nSPS) is 9.90. The maximum Gasteiger partial charge on any atom is 0.319 e. The number of hydrazine groups is 1. The molecule has 0 heterocycles. The van der Waals surface area contributed by atoms with Crippen LogP contribution >= 0.6 is 0 Å². The number of nitrogens with two attached hydrogens (primary N) is 1. The summed E-state index contributed by atoms with van der Waals surface area (Å²) in [4.78, 5) is 22.1. The van der Waals surface area contributed by atoms with Crippen LogP contribution in [0.4, 0.5) is 16.2 Å². The highest BCUT2D eigenvalue weighted by molar-refractivity contribution is 5.89. The summed E-state index contributed by atoms with van der Waals surface area (Å²) in [5.41, 5.74) is 1.21. The lowest BCUT2D eigenvalue weighted by molar-refractivity contribution is -0.107. The average molecular weight is 278 g/mol. The van der Waals surface area contributed by atoms with Crippen molar-refractivity contribution in [3.8, 4) is 0 Å². The van der Waals surface area contributed by atoms with E-state index in [-0.39, 0.29) is 6.03 Å². The van der Waals surface area contributed by atoms with Crippen molar-refractivity contribution in [3.05, 3.63) is 24.3 Å². The van der Waals surface area contributed by atoms with E-state index in [1.807, 2.05) is 0 Å². The lowest BCUT2D eigenvalue weighted by atomic mass is 10.2. The van der Waals surface area contributed by atoms with Gasteiger partial charge in [0.05, 0.1) is 5.69 Å². The van der Waals surface area contributed by atoms with Crippen LogP contribution in [0, 0.1) is 0 Å². The number of unbranched alkanes of at least 4 members (excludes halogenated alkanes) is 3. The first-order chi connectivity index (χ1) is 9.67. The minimum Gasteiger partial charge on any atom is -0.338 e. The van der Waals surface area contributed by atoms with Gasteiger partial charge in [-0.2, -0.15) is 0 Å². The largest absolute Gasteiger partial charge is 0.338 e. The number of hydrogen-bond donors (Lipinski definition) is 3. The van der Waals surface area contributed by atoms with Crippen molar-refractivity contribution in [2.24, 2.45) is 5.84 Å². The van der Waals surface area contributed by atoms with Crippen molar-refractivity contribution < 1.29 is 9.59 Å². The van der Waals surface area contributed by atoms with Gasteiger partial charge in [0.2, 0.25) is 6.41 Å². The van der Waals surface area contributed by atoms with E-state index in [4.69, 9.17) is 5.84 Å². The molecule has 3 amide bonds. The van der Waals surface area contributed by atoms with Gasteiger partial charge in [-0.25, -0.2) is 10.6 Å². The lowest BCUT2D eigenvalue weighted by Gasteiger charge is -2.11. The first kappa shape index (κ1) is 16.0.